The molecule has 8 aromatic carbocycles. The summed E-state index contributed by atoms with van der Waals surface area (Å²) in [6, 6.07) is 71.9. The molecule has 0 bridgehead atoms. The van der Waals surface area contributed by atoms with E-state index in [4.69, 9.17) is 18.9 Å². The molecule has 120 heavy (non-hydrogen) atoms. The maximum absolute atomic E-state index is 15.4. The molecule has 16 rings (SSSR count). The van der Waals surface area contributed by atoms with Crippen molar-refractivity contribution >= 4 is 111 Å². The summed E-state index contributed by atoms with van der Waals surface area (Å²) in [5, 5.41) is 46.9. The van der Waals surface area contributed by atoms with Gasteiger partial charge in [0.05, 0.1) is 46.7 Å². The van der Waals surface area contributed by atoms with E-state index >= 15 is 9.59 Å². The number of rotatable bonds is 34. The first kappa shape index (κ1) is 82.5. The van der Waals surface area contributed by atoms with Crippen LogP contribution < -0.4 is 18.9 Å². The summed E-state index contributed by atoms with van der Waals surface area (Å²) < 4.78 is 29.5. The summed E-state index contributed by atoms with van der Waals surface area (Å²) in [5.41, 5.74) is 9.34. The van der Waals surface area contributed by atoms with Crippen LogP contribution in [-0.2, 0) is 10.8 Å². The molecule has 12 aromatic rings. The molecule has 604 valence electrons. The molecule has 14 heteroatoms. The largest absolute Gasteiger partial charge is 0.493 e. The Balaban J connectivity index is 0.971. The quantitative estimate of drug-likeness (QED) is 0.0280. The molecule has 10 nitrogen and oxygen atoms in total. The molecule has 4 aliphatic carbocycles. The van der Waals surface area contributed by atoms with Crippen molar-refractivity contribution in [2.75, 3.05) is 26.4 Å². The molecule has 0 amide bonds. The number of ether oxygens (including phenoxy) is 4. The Bertz CT molecular complexity index is 5690. The van der Waals surface area contributed by atoms with Gasteiger partial charge in [-0.2, -0.15) is 21.0 Å². The number of unbranched alkanes of at least 4 members (excludes halogenated alkanes) is 4. The minimum Gasteiger partial charge on any atom is -0.493 e. The number of thiophene rings is 4. The molecule has 4 heterocycles. The number of hydrogen-bond donors (Lipinski definition) is 0. The fourth-order valence-electron chi connectivity index (χ4n) is 18.6. The number of nitriles is 4. The highest BCUT2D eigenvalue weighted by atomic mass is 32.1. The van der Waals surface area contributed by atoms with E-state index in [9.17, 15) is 21.0 Å². The number of hydrogen-bond acceptors (Lipinski definition) is 14. The van der Waals surface area contributed by atoms with Crippen LogP contribution in [-0.4, -0.2) is 38.0 Å². The summed E-state index contributed by atoms with van der Waals surface area (Å²) >= 11 is 6.87. The molecule has 0 spiro atoms. The SMILES string of the molecule is CCCCC(CC)COc1ccc(C2(c3ccc(OCC(CC)CCCC)cc3)c3sc(/C=C4\C(=O)c5cc6ccccc6cc5C4=C(C#N)C#N)cc3-c3sc4c5c(sc4c32)-c2cc(/C=C3\C(=O)c4cc6ccccc6cc4C3=C(C#N)C#N)sc2C5(c2ccc(OCC(CC)CCCC)cc2)c2ccc(OCC(CC)CCCC)cc2)cc1. The van der Waals surface area contributed by atoms with Crippen molar-refractivity contribution in [2.24, 2.45) is 23.7 Å². The van der Waals surface area contributed by atoms with Gasteiger partial charge >= 0.3 is 0 Å². The lowest BCUT2D eigenvalue weighted by Crippen LogP contribution is -2.28. The lowest BCUT2D eigenvalue weighted by atomic mass is 9.70. The number of allylic oxidation sites excluding steroid dienone is 6. The number of fused-ring (bicyclic) bond motifs is 13. The first-order chi connectivity index (χ1) is 58.7. The number of nitrogens with zero attached hydrogens (tertiary/aromatic N) is 4. The van der Waals surface area contributed by atoms with E-state index in [2.05, 4.69) is 189 Å². The minimum absolute atomic E-state index is 0.127. The standard InChI is InChI=1S/C106H100N4O6S4/c1-9-17-25-65(13-5)61-113-79-41-33-75(34-42-79)105(76-35-43-80(44-36-76)114-62-66(14-6)26-18-10-2)95-99(91-55-83(117-103(91)105)53-89-93(73(57-107)58-108)85-49-69-29-21-23-31-71(69)51-87(85)97(89)111)119-102-96-100(120-101(95)102)92-56-84(54-90-94(74(59-109)60-110)86-50-70-30-22-24-32-72(70)52-88(86)98(90)112)118-104(92)106(96,77-37-45-81(46-38-77)115-63-67(15-7)27-19-11-3)78-39-47-82(48-40-78)116-64-68(16-8)28-20-12-4/h21-24,29-56,65-68H,9-20,25-28,61-64H2,1-8H3/b89-53-,90-54-. The Morgan fingerprint density at radius 2 is 0.633 bits per heavy atom. The topological polar surface area (TPSA) is 166 Å². The van der Waals surface area contributed by atoms with Crippen molar-refractivity contribution in [3.63, 3.8) is 0 Å². The highest BCUT2D eigenvalue weighted by molar-refractivity contribution is 7.32. The van der Waals surface area contributed by atoms with Gasteiger partial charge in [0, 0.05) is 84.9 Å². The molecular weight excluding hydrogens is 1550 g/mol. The van der Waals surface area contributed by atoms with Crippen molar-refractivity contribution in [3.8, 4) is 68.2 Å². The Hall–Kier alpha value is -11.2. The molecular formula is C106H100N4O6S4. The van der Waals surface area contributed by atoms with Gasteiger partial charge in [0.2, 0.25) is 0 Å². The van der Waals surface area contributed by atoms with Crippen LogP contribution in [0.4, 0.5) is 0 Å². The third-order valence-corrected chi connectivity index (χ3v) is 30.6. The number of benzene rings is 8. The van der Waals surface area contributed by atoms with Crippen LogP contribution in [0.5, 0.6) is 23.0 Å². The summed E-state index contributed by atoms with van der Waals surface area (Å²) in [5.74, 6) is 4.26. The van der Waals surface area contributed by atoms with Crippen LogP contribution in [0.15, 0.2) is 204 Å². The predicted octanol–water partition coefficient (Wildman–Crippen LogP) is 28.7. The molecule has 0 fully saturated rings. The van der Waals surface area contributed by atoms with Crippen molar-refractivity contribution in [3.05, 3.63) is 279 Å². The Morgan fingerprint density at radius 3 is 0.892 bits per heavy atom. The Kier molecular flexibility index (Phi) is 24.8. The third kappa shape index (κ3) is 14.9. The van der Waals surface area contributed by atoms with Gasteiger partial charge in [-0.15, -0.1) is 45.3 Å². The molecule has 4 unspecified atom stereocenters. The van der Waals surface area contributed by atoms with Gasteiger partial charge in [0.15, 0.2) is 11.6 Å². The molecule has 4 atom stereocenters. The van der Waals surface area contributed by atoms with E-state index in [1.807, 2.05) is 84.9 Å². The van der Waals surface area contributed by atoms with Gasteiger partial charge in [-0.1, -0.05) is 230 Å². The minimum atomic E-state index is -1.04. The van der Waals surface area contributed by atoms with Crippen molar-refractivity contribution in [2.45, 2.75) is 169 Å². The number of ketones is 2. The smallest absolute Gasteiger partial charge is 0.194 e. The Labute approximate surface area is 722 Å². The van der Waals surface area contributed by atoms with E-state index in [1.54, 1.807) is 45.3 Å². The predicted molar refractivity (Wildman–Crippen MR) is 494 cm³/mol. The van der Waals surface area contributed by atoms with Crippen LogP contribution in [0.3, 0.4) is 0 Å². The second-order valence-electron chi connectivity index (χ2n) is 32.8. The molecule has 0 N–H and O–H groups in total. The second kappa shape index (κ2) is 36.0. The van der Waals surface area contributed by atoms with Crippen LogP contribution in [0.25, 0.3) is 75.1 Å². The lowest BCUT2D eigenvalue weighted by molar-refractivity contribution is 0.103. The van der Waals surface area contributed by atoms with Gasteiger partial charge in [-0.3, -0.25) is 9.59 Å². The fourth-order valence-corrected chi connectivity index (χ4v) is 24.6. The highest BCUT2D eigenvalue weighted by Gasteiger charge is 2.56. The van der Waals surface area contributed by atoms with Gasteiger partial charge in [0.1, 0.15) is 58.4 Å². The monoisotopic (exact) mass is 1650 g/mol. The first-order valence-corrected chi connectivity index (χ1v) is 46.5. The van der Waals surface area contributed by atoms with E-state index < -0.39 is 10.8 Å². The van der Waals surface area contributed by atoms with Crippen molar-refractivity contribution in [1.82, 2.24) is 0 Å². The lowest BCUT2D eigenvalue weighted by Gasteiger charge is -2.33. The second-order valence-corrected chi connectivity index (χ2v) is 37.0. The summed E-state index contributed by atoms with van der Waals surface area (Å²) in [7, 11) is 0. The average Bonchev–Trinajstić information content (AvgIpc) is 1.48. The fraction of sp³-hybridized carbons (Fsp3) is 0.321. The van der Waals surface area contributed by atoms with Crippen LogP contribution >= 0.6 is 45.3 Å². The van der Waals surface area contributed by atoms with E-state index in [0.29, 0.717) is 94.6 Å². The number of Topliss-reactive ketones (excluding diaryl/α,β-unsaturated/α-hetero) is 2. The molecule has 0 radical (unpaired) electrons. The summed E-state index contributed by atoms with van der Waals surface area (Å²) in [6.45, 7) is 20.4. The molecule has 0 saturated carbocycles. The molecule has 4 aromatic heterocycles. The maximum atomic E-state index is 15.4. The van der Waals surface area contributed by atoms with Crippen molar-refractivity contribution in [1.29, 1.82) is 21.0 Å². The summed E-state index contributed by atoms with van der Waals surface area (Å²) in [4.78, 5) is 36.7. The van der Waals surface area contributed by atoms with E-state index in [1.165, 1.54) is 0 Å². The van der Waals surface area contributed by atoms with Gasteiger partial charge in [-0.25, -0.2) is 0 Å². The summed E-state index contributed by atoms with van der Waals surface area (Å²) in [6.07, 6.45) is 21.3. The van der Waals surface area contributed by atoms with E-state index in [0.717, 1.165) is 230 Å². The van der Waals surface area contributed by atoms with E-state index in [-0.39, 0.29) is 22.7 Å². The zero-order valence-electron chi connectivity index (χ0n) is 69.8. The molecule has 4 aliphatic rings. The first-order valence-electron chi connectivity index (χ1n) is 43.3. The van der Waals surface area contributed by atoms with Gasteiger partial charge in [0.25, 0.3) is 0 Å². The zero-order chi connectivity index (χ0) is 83.3. The average molecular weight is 1650 g/mol. The maximum Gasteiger partial charge on any atom is 0.194 e. The molecule has 0 aliphatic heterocycles. The van der Waals surface area contributed by atoms with Gasteiger partial charge in [-0.05, 0) is 201 Å². The zero-order valence-corrected chi connectivity index (χ0v) is 73.1. The third-order valence-electron chi connectivity index (χ3n) is 25.6. The number of carbonyl (C=O) groups excluding carboxylic acids is 2. The Morgan fingerprint density at radius 1 is 0.358 bits per heavy atom. The normalized spacial score (nSPS) is 17.1. The van der Waals surface area contributed by atoms with Crippen molar-refractivity contribution < 1.29 is 28.5 Å². The van der Waals surface area contributed by atoms with Crippen LogP contribution in [0, 0.1) is 69.0 Å². The highest BCUT2D eigenvalue weighted by Crippen LogP contribution is 2.71. The number of carbonyl (C=O) groups is 2. The van der Waals surface area contributed by atoms with Crippen LogP contribution in [0.2, 0.25) is 0 Å². The molecule has 0 saturated heterocycles. The van der Waals surface area contributed by atoms with Gasteiger partial charge < -0.3 is 18.9 Å². The van der Waals surface area contributed by atoms with Crippen LogP contribution in [0.1, 0.15) is 243 Å².